The quantitative estimate of drug-likeness (QED) is 0.829. The molecule has 1 atom stereocenters. The molecule has 1 unspecified atom stereocenters. The lowest BCUT2D eigenvalue weighted by molar-refractivity contribution is -0.00117. The maximum absolute atomic E-state index is 9.92. The van der Waals surface area contributed by atoms with Crippen LogP contribution in [0.3, 0.4) is 0 Å². The molecule has 0 heterocycles. The Bertz CT molecular complexity index is 379. The molecule has 106 valence electrons. The van der Waals surface area contributed by atoms with Gasteiger partial charge in [-0.3, -0.25) is 0 Å². The van der Waals surface area contributed by atoms with Crippen molar-refractivity contribution < 1.29 is 9.84 Å². The van der Waals surface area contributed by atoms with E-state index in [1.807, 2.05) is 0 Å². The summed E-state index contributed by atoms with van der Waals surface area (Å²) < 4.78 is 5.71. The van der Waals surface area contributed by atoms with Crippen LogP contribution in [0.5, 0.6) is 0 Å². The van der Waals surface area contributed by atoms with Crippen molar-refractivity contribution in [3.8, 4) is 0 Å². The third-order valence-corrected chi connectivity index (χ3v) is 3.59. The van der Waals surface area contributed by atoms with Crippen LogP contribution in [-0.2, 0) is 4.74 Å². The summed E-state index contributed by atoms with van der Waals surface area (Å²) in [6.07, 6.45) is 4.76. The highest BCUT2D eigenvalue weighted by molar-refractivity contribution is 5.48. The van der Waals surface area contributed by atoms with Gasteiger partial charge in [0.2, 0.25) is 0 Å². The lowest BCUT2D eigenvalue weighted by atomic mass is 10.1. The first-order chi connectivity index (χ1) is 9.13. The third kappa shape index (κ3) is 4.84. The lowest BCUT2D eigenvalue weighted by Gasteiger charge is -2.17. The minimum absolute atomic E-state index is 0.371. The molecule has 1 aliphatic carbocycles. The minimum Gasteiger partial charge on any atom is -0.389 e. The van der Waals surface area contributed by atoms with E-state index in [-0.39, 0.29) is 0 Å². The summed E-state index contributed by atoms with van der Waals surface area (Å²) in [5.74, 6) is 0. The summed E-state index contributed by atoms with van der Waals surface area (Å²) in [7, 11) is 0. The van der Waals surface area contributed by atoms with Crippen LogP contribution in [0.4, 0.5) is 5.69 Å². The van der Waals surface area contributed by atoms with E-state index in [1.54, 1.807) is 0 Å². The van der Waals surface area contributed by atoms with Crippen molar-refractivity contribution in [3.05, 3.63) is 29.3 Å². The highest BCUT2D eigenvalue weighted by atomic mass is 16.5. The van der Waals surface area contributed by atoms with Gasteiger partial charge in [0.1, 0.15) is 0 Å². The van der Waals surface area contributed by atoms with Crippen molar-refractivity contribution in [2.75, 3.05) is 18.5 Å². The topological polar surface area (TPSA) is 41.5 Å². The number of benzene rings is 1. The lowest BCUT2D eigenvalue weighted by Crippen LogP contribution is -2.27. The number of hydrogen-bond donors (Lipinski definition) is 2. The summed E-state index contributed by atoms with van der Waals surface area (Å²) in [5.41, 5.74) is 3.54. The molecule has 2 N–H and O–H groups in total. The van der Waals surface area contributed by atoms with E-state index in [0.29, 0.717) is 19.3 Å². The maximum Gasteiger partial charge on any atom is 0.0945 e. The van der Waals surface area contributed by atoms with E-state index < -0.39 is 6.10 Å². The average molecular weight is 263 g/mol. The Morgan fingerprint density at radius 2 is 1.84 bits per heavy atom. The van der Waals surface area contributed by atoms with E-state index >= 15 is 0 Å². The third-order valence-electron chi connectivity index (χ3n) is 3.59. The van der Waals surface area contributed by atoms with Crippen molar-refractivity contribution in [2.24, 2.45) is 0 Å². The summed E-state index contributed by atoms with van der Waals surface area (Å²) in [5, 5.41) is 13.2. The highest BCUT2D eigenvalue weighted by Gasteiger charge is 2.16. The van der Waals surface area contributed by atoms with E-state index in [9.17, 15) is 5.11 Å². The van der Waals surface area contributed by atoms with Crippen LogP contribution in [-0.4, -0.2) is 30.5 Å². The van der Waals surface area contributed by atoms with Crippen LogP contribution in [0, 0.1) is 13.8 Å². The molecule has 0 aromatic heterocycles. The monoisotopic (exact) mass is 263 g/mol. The SMILES string of the molecule is Cc1cc(C)cc(NCC(O)COC2CCCC2)c1. The fraction of sp³-hybridized carbons (Fsp3) is 0.625. The fourth-order valence-corrected chi connectivity index (χ4v) is 2.67. The van der Waals surface area contributed by atoms with Gasteiger partial charge in [0.25, 0.3) is 0 Å². The predicted molar refractivity (Wildman–Crippen MR) is 78.6 cm³/mol. The van der Waals surface area contributed by atoms with Crippen molar-refractivity contribution in [2.45, 2.75) is 51.7 Å². The molecule has 0 spiro atoms. The molecule has 2 rings (SSSR count). The Morgan fingerprint density at radius 1 is 1.21 bits per heavy atom. The fourth-order valence-electron chi connectivity index (χ4n) is 2.67. The Kier molecular flexibility index (Phi) is 5.23. The van der Waals surface area contributed by atoms with Crippen molar-refractivity contribution in [1.82, 2.24) is 0 Å². The number of nitrogens with one attached hydrogen (secondary N) is 1. The molecular weight excluding hydrogens is 238 g/mol. The molecule has 3 heteroatoms. The largest absolute Gasteiger partial charge is 0.389 e. The van der Waals surface area contributed by atoms with Gasteiger partial charge in [-0.15, -0.1) is 0 Å². The van der Waals surface area contributed by atoms with Gasteiger partial charge in [0.15, 0.2) is 0 Å². The molecule has 0 aliphatic heterocycles. The van der Waals surface area contributed by atoms with Crippen molar-refractivity contribution in [3.63, 3.8) is 0 Å². The van der Waals surface area contributed by atoms with Gasteiger partial charge in [-0.05, 0) is 49.9 Å². The smallest absolute Gasteiger partial charge is 0.0945 e. The maximum atomic E-state index is 9.92. The first kappa shape index (κ1) is 14.4. The molecule has 1 aromatic rings. The zero-order valence-electron chi connectivity index (χ0n) is 12.0. The number of hydrogen-bond acceptors (Lipinski definition) is 3. The zero-order valence-corrected chi connectivity index (χ0v) is 12.0. The van der Waals surface area contributed by atoms with E-state index in [2.05, 4.69) is 37.4 Å². The number of rotatable bonds is 6. The number of anilines is 1. The van der Waals surface area contributed by atoms with Crippen LogP contribution in [0.15, 0.2) is 18.2 Å². The first-order valence-electron chi connectivity index (χ1n) is 7.25. The van der Waals surface area contributed by atoms with Gasteiger partial charge in [0, 0.05) is 12.2 Å². The Labute approximate surface area is 116 Å². The summed E-state index contributed by atoms with van der Waals surface area (Å²) in [6.45, 7) is 5.13. The number of aliphatic hydroxyl groups is 1. The minimum atomic E-state index is -0.443. The molecular formula is C16H25NO2. The van der Waals surface area contributed by atoms with Crippen LogP contribution >= 0.6 is 0 Å². The normalized spacial score (nSPS) is 17.6. The second kappa shape index (κ2) is 6.92. The summed E-state index contributed by atoms with van der Waals surface area (Å²) >= 11 is 0. The van der Waals surface area contributed by atoms with E-state index in [0.717, 1.165) is 18.5 Å². The standard InChI is InChI=1S/C16H25NO2/c1-12-7-13(2)9-14(8-12)17-10-15(18)11-19-16-5-3-4-6-16/h7-9,15-18H,3-6,10-11H2,1-2H3. The van der Waals surface area contributed by atoms with E-state index in [4.69, 9.17) is 4.74 Å². The predicted octanol–water partition coefficient (Wildman–Crippen LogP) is 3.04. The second-order valence-electron chi connectivity index (χ2n) is 5.65. The van der Waals surface area contributed by atoms with Gasteiger partial charge in [-0.2, -0.15) is 0 Å². The van der Waals surface area contributed by atoms with Gasteiger partial charge in [-0.25, -0.2) is 0 Å². The highest BCUT2D eigenvalue weighted by Crippen LogP contribution is 2.21. The second-order valence-corrected chi connectivity index (χ2v) is 5.65. The number of ether oxygens (including phenoxy) is 1. The average Bonchev–Trinajstić information content (AvgIpc) is 2.86. The van der Waals surface area contributed by atoms with Crippen LogP contribution in [0.2, 0.25) is 0 Å². The molecule has 1 aromatic carbocycles. The Morgan fingerprint density at radius 3 is 2.47 bits per heavy atom. The van der Waals surface area contributed by atoms with Crippen molar-refractivity contribution in [1.29, 1.82) is 0 Å². The zero-order chi connectivity index (χ0) is 13.7. The van der Waals surface area contributed by atoms with Gasteiger partial charge in [0.05, 0.1) is 18.8 Å². The molecule has 19 heavy (non-hydrogen) atoms. The molecule has 1 saturated carbocycles. The van der Waals surface area contributed by atoms with E-state index in [1.165, 1.54) is 24.0 Å². The molecule has 1 aliphatic rings. The molecule has 0 bridgehead atoms. The molecule has 1 fully saturated rings. The Balaban J connectivity index is 1.71. The van der Waals surface area contributed by atoms with Crippen LogP contribution in [0.25, 0.3) is 0 Å². The summed E-state index contributed by atoms with van der Waals surface area (Å²) in [6, 6.07) is 6.33. The summed E-state index contributed by atoms with van der Waals surface area (Å²) in [4.78, 5) is 0. The molecule has 0 radical (unpaired) electrons. The first-order valence-corrected chi connectivity index (χ1v) is 7.25. The molecule has 0 amide bonds. The Hall–Kier alpha value is -1.06. The number of aliphatic hydroxyl groups excluding tert-OH is 1. The van der Waals surface area contributed by atoms with Gasteiger partial charge in [-0.1, -0.05) is 18.9 Å². The molecule has 3 nitrogen and oxygen atoms in total. The molecule has 0 saturated heterocycles. The van der Waals surface area contributed by atoms with Gasteiger partial charge < -0.3 is 15.2 Å². The van der Waals surface area contributed by atoms with Crippen molar-refractivity contribution >= 4 is 5.69 Å². The number of aryl methyl sites for hydroxylation is 2. The van der Waals surface area contributed by atoms with Gasteiger partial charge >= 0.3 is 0 Å². The van der Waals surface area contributed by atoms with Crippen LogP contribution < -0.4 is 5.32 Å². The van der Waals surface area contributed by atoms with Crippen LogP contribution in [0.1, 0.15) is 36.8 Å².